The average Bonchev–Trinajstić information content (AvgIpc) is 3.34. The Kier molecular flexibility index (Phi) is 3.73. The van der Waals surface area contributed by atoms with Gasteiger partial charge in [-0.2, -0.15) is 0 Å². The van der Waals surface area contributed by atoms with Gasteiger partial charge < -0.3 is 15.4 Å². The number of amides is 1. The minimum Gasteiger partial charge on any atom is -0.497 e. The third kappa shape index (κ3) is 3.51. The van der Waals surface area contributed by atoms with Gasteiger partial charge in [-0.1, -0.05) is 6.07 Å². The number of hydrogen-bond acceptors (Lipinski definition) is 4. The number of aromatic nitrogens is 1. The van der Waals surface area contributed by atoms with Gasteiger partial charge in [0, 0.05) is 17.7 Å². The van der Waals surface area contributed by atoms with Crippen molar-refractivity contribution < 1.29 is 9.53 Å². The summed E-state index contributed by atoms with van der Waals surface area (Å²) in [6.07, 6.45) is 3.67. The fourth-order valence-corrected chi connectivity index (χ4v) is 1.98. The number of hydrogen-bond donors (Lipinski definition) is 2. The van der Waals surface area contributed by atoms with E-state index in [1.807, 2.05) is 30.3 Å². The molecule has 1 aliphatic carbocycles. The molecule has 3 rings (SSSR count). The predicted octanol–water partition coefficient (Wildman–Crippen LogP) is 3.18. The van der Waals surface area contributed by atoms with Crippen molar-refractivity contribution in [1.29, 1.82) is 0 Å². The van der Waals surface area contributed by atoms with Gasteiger partial charge in [-0.05, 0) is 37.1 Å². The summed E-state index contributed by atoms with van der Waals surface area (Å²) in [5.74, 6) is 1.63. The molecular weight excluding hydrogens is 266 g/mol. The Labute approximate surface area is 123 Å². The van der Waals surface area contributed by atoms with Crippen LogP contribution in [0.25, 0.3) is 0 Å². The van der Waals surface area contributed by atoms with Gasteiger partial charge in [0.2, 0.25) is 5.91 Å². The van der Waals surface area contributed by atoms with Crippen molar-refractivity contribution in [3.8, 4) is 5.75 Å². The van der Waals surface area contributed by atoms with Crippen LogP contribution in [0.3, 0.4) is 0 Å². The Balaban J connectivity index is 1.64. The monoisotopic (exact) mass is 283 g/mol. The fraction of sp³-hybridized carbons (Fsp3) is 0.250. The average molecular weight is 283 g/mol. The molecule has 0 bridgehead atoms. The van der Waals surface area contributed by atoms with E-state index in [4.69, 9.17) is 4.74 Å². The Morgan fingerprint density at radius 1 is 1.24 bits per heavy atom. The van der Waals surface area contributed by atoms with E-state index in [1.165, 1.54) is 0 Å². The molecule has 0 spiro atoms. The molecule has 5 heteroatoms. The van der Waals surface area contributed by atoms with Gasteiger partial charge in [0.05, 0.1) is 19.0 Å². The number of anilines is 3. The second-order valence-corrected chi connectivity index (χ2v) is 5.05. The highest BCUT2D eigenvalue weighted by Crippen LogP contribution is 2.30. The first kappa shape index (κ1) is 13.4. The third-order valence-electron chi connectivity index (χ3n) is 3.32. The quantitative estimate of drug-likeness (QED) is 0.884. The highest BCUT2D eigenvalue weighted by Gasteiger charge is 2.29. The number of benzene rings is 1. The van der Waals surface area contributed by atoms with Gasteiger partial charge in [0.15, 0.2) is 0 Å². The minimum absolute atomic E-state index is 0.0657. The summed E-state index contributed by atoms with van der Waals surface area (Å²) >= 11 is 0. The molecule has 0 radical (unpaired) electrons. The Hall–Kier alpha value is -2.56. The van der Waals surface area contributed by atoms with Gasteiger partial charge in [-0.15, -0.1) is 0 Å². The number of rotatable bonds is 5. The number of carbonyl (C=O) groups is 1. The number of ether oxygens (including phenoxy) is 1. The molecule has 2 aromatic rings. The first-order chi connectivity index (χ1) is 10.2. The van der Waals surface area contributed by atoms with E-state index >= 15 is 0 Å². The van der Waals surface area contributed by atoms with Crippen molar-refractivity contribution in [2.24, 2.45) is 5.92 Å². The number of nitrogens with one attached hydrogen (secondary N) is 2. The van der Waals surface area contributed by atoms with Gasteiger partial charge >= 0.3 is 0 Å². The molecular formula is C16H17N3O2. The summed E-state index contributed by atoms with van der Waals surface area (Å²) in [5.41, 5.74) is 1.78. The van der Waals surface area contributed by atoms with E-state index in [-0.39, 0.29) is 11.8 Å². The maximum Gasteiger partial charge on any atom is 0.228 e. The Morgan fingerprint density at radius 3 is 2.76 bits per heavy atom. The van der Waals surface area contributed by atoms with E-state index < -0.39 is 0 Å². The Morgan fingerprint density at radius 2 is 2.10 bits per heavy atom. The maximum absolute atomic E-state index is 11.6. The topological polar surface area (TPSA) is 63.2 Å². The molecule has 21 heavy (non-hydrogen) atoms. The first-order valence-electron chi connectivity index (χ1n) is 6.92. The van der Waals surface area contributed by atoms with Crippen molar-refractivity contribution in [3.05, 3.63) is 42.6 Å². The zero-order valence-electron chi connectivity index (χ0n) is 11.8. The molecule has 2 N–H and O–H groups in total. The van der Waals surface area contributed by atoms with Gasteiger partial charge in [0.25, 0.3) is 0 Å². The molecule has 1 aromatic heterocycles. The van der Waals surface area contributed by atoms with Crippen LogP contribution in [0, 0.1) is 5.92 Å². The predicted molar refractivity (Wildman–Crippen MR) is 81.9 cm³/mol. The molecule has 1 saturated carbocycles. The maximum atomic E-state index is 11.6. The van der Waals surface area contributed by atoms with Crippen LogP contribution in [0.15, 0.2) is 42.6 Å². The van der Waals surface area contributed by atoms with E-state index in [9.17, 15) is 4.79 Å². The molecule has 1 heterocycles. The lowest BCUT2D eigenvalue weighted by molar-refractivity contribution is -0.117. The fourth-order valence-electron chi connectivity index (χ4n) is 1.98. The van der Waals surface area contributed by atoms with Crippen molar-refractivity contribution >= 4 is 23.1 Å². The minimum atomic E-state index is 0.0657. The van der Waals surface area contributed by atoms with Crippen molar-refractivity contribution in [2.45, 2.75) is 12.8 Å². The lowest BCUT2D eigenvalue weighted by Crippen LogP contribution is -2.14. The SMILES string of the molecule is COc1cccc(Nc2ccc(NC(=O)C3CC3)nc2)c1. The van der Waals surface area contributed by atoms with Crippen LogP contribution < -0.4 is 15.4 Å². The van der Waals surface area contributed by atoms with Crippen molar-refractivity contribution in [2.75, 3.05) is 17.7 Å². The number of methoxy groups -OCH3 is 1. The molecule has 0 unspecified atom stereocenters. The van der Waals surface area contributed by atoms with Crippen LogP contribution in [0.4, 0.5) is 17.2 Å². The van der Waals surface area contributed by atoms with E-state index in [2.05, 4.69) is 15.6 Å². The lowest BCUT2D eigenvalue weighted by Gasteiger charge is -2.09. The highest BCUT2D eigenvalue weighted by molar-refractivity contribution is 5.93. The lowest BCUT2D eigenvalue weighted by atomic mass is 10.3. The molecule has 1 amide bonds. The largest absolute Gasteiger partial charge is 0.497 e. The third-order valence-corrected chi connectivity index (χ3v) is 3.32. The number of nitrogens with zero attached hydrogens (tertiary/aromatic N) is 1. The number of pyridine rings is 1. The first-order valence-corrected chi connectivity index (χ1v) is 6.92. The highest BCUT2D eigenvalue weighted by atomic mass is 16.5. The van der Waals surface area contributed by atoms with Crippen LogP contribution >= 0.6 is 0 Å². The summed E-state index contributed by atoms with van der Waals surface area (Å²) in [5, 5.41) is 6.05. The van der Waals surface area contributed by atoms with E-state index in [0.29, 0.717) is 5.82 Å². The second kappa shape index (κ2) is 5.83. The zero-order chi connectivity index (χ0) is 14.7. The van der Waals surface area contributed by atoms with Crippen LogP contribution in [0.5, 0.6) is 5.75 Å². The van der Waals surface area contributed by atoms with Crippen molar-refractivity contribution in [1.82, 2.24) is 4.98 Å². The summed E-state index contributed by atoms with van der Waals surface area (Å²) < 4.78 is 5.18. The molecule has 1 fully saturated rings. The molecule has 108 valence electrons. The summed E-state index contributed by atoms with van der Waals surface area (Å²) in [7, 11) is 1.64. The summed E-state index contributed by atoms with van der Waals surface area (Å²) in [4.78, 5) is 15.9. The summed E-state index contributed by atoms with van der Waals surface area (Å²) in [6.45, 7) is 0. The standard InChI is InChI=1S/C16H17N3O2/c1-21-14-4-2-3-12(9-14)18-13-7-8-15(17-10-13)19-16(20)11-5-6-11/h2-4,7-11,18H,5-6H2,1H3,(H,17,19,20). The van der Waals surface area contributed by atoms with Crippen LogP contribution in [-0.4, -0.2) is 18.0 Å². The summed E-state index contributed by atoms with van der Waals surface area (Å²) in [6, 6.07) is 11.3. The smallest absolute Gasteiger partial charge is 0.228 e. The molecule has 1 aromatic carbocycles. The van der Waals surface area contributed by atoms with Crippen LogP contribution in [-0.2, 0) is 4.79 Å². The second-order valence-electron chi connectivity index (χ2n) is 5.05. The Bertz CT molecular complexity index is 636. The zero-order valence-corrected chi connectivity index (χ0v) is 11.8. The van der Waals surface area contributed by atoms with Gasteiger partial charge in [-0.25, -0.2) is 4.98 Å². The van der Waals surface area contributed by atoms with Gasteiger partial charge in [0.1, 0.15) is 11.6 Å². The normalized spacial score (nSPS) is 13.6. The van der Waals surface area contributed by atoms with Crippen LogP contribution in [0.2, 0.25) is 0 Å². The van der Waals surface area contributed by atoms with E-state index in [1.54, 1.807) is 19.4 Å². The molecule has 1 aliphatic rings. The van der Waals surface area contributed by atoms with Crippen molar-refractivity contribution in [3.63, 3.8) is 0 Å². The molecule has 0 saturated heterocycles. The molecule has 0 atom stereocenters. The van der Waals surface area contributed by atoms with E-state index in [0.717, 1.165) is 30.0 Å². The number of carbonyl (C=O) groups excluding carboxylic acids is 1. The van der Waals surface area contributed by atoms with Crippen LogP contribution in [0.1, 0.15) is 12.8 Å². The van der Waals surface area contributed by atoms with Gasteiger partial charge in [-0.3, -0.25) is 4.79 Å². The molecule has 5 nitrogen and oxygen atoms in total. The molecule has 0 aliphatic heterocycles.